The maximum atomic E-state index is 13.4. The Kier molecular flexibility index (Phi) is 9.95. The first-order valence-electron chi connectivity index (χ1n) is 13.4. The standard InChI is InChI=1S/C29H35ClN4O5/c30-21-12-10-20(11-13-21)17-24(29(38)39)33-26(35)18-22(16-19-6-2-1-3-7-19)32-27(36)25-9-5-15-34(25)28(37)23-8-4-14-31-23/h1-3,6-7,10-13,22-25,31H,4-5,8-9,14-18H2,(H,32,36)(H,33,35)(H,38,39)/t22-,23-,24-,25-/m0/s1. The summed E-state index contributed by atoms with van der Waals surface area (Å²) in [6.45, 7) is 1.33. The smallest absolute Gasteiger partial charge is 0.326 e. The lowest BCUT2D eigenvalue weighted by Gasteiger charge is -2.28. The molecule has 3 amide bonds. The number of carbonyl (C=O) groups excluding carboxylic acids is 3. The number of hydrogen-bond donors (Lipinski definition) is 4. The highest BCUT2D eigenvalue weighted by Gasteiger charge is 2.38. The van der Waals surface area contributed by atoms with Crippen molar-refractivity contribution in [2.24, 2.45) is 0 Å². The van der Waals surface area contributed by atoms with Gasteiger partial charge in [0.2, 0.25) is 17.7 Å². The number of amides is 3. The molecule has 0 bridgehead atoms. The van der Waals surface area contributed by atoms with Crippen molar-refractivity contribution < 1.29 is 24.3 Å². The minimum Gasteiger partial charge on any atom is -0.480 e. The number of nitrogens with zero attached hydrogens (tertiary/aromatic N) is 1. The fourth-order valence-corrected chi connectivity index (χ4v) is 5.43. The number of hydrogen-bond acceptors (Lipinski definition) is 5. The molecule has 0 aromatic heterocycles. The Morgan fingerprint density at radius 1 is 0.949 bits per heavy atom. The third-order valence-corrected chi connectivity index (χ3v) is 7.54. The highest BCUT2D eigenvalue weighted by atomic mass is 35.5. The van der Waals surface area contributed by atoms with Crippen LogP contribution in [0.5, 0.6) is 0 Å². The van der Waals surface area contributed by atoms with Crippen LogP contribution in [0.25, 0.3) is 0 Å². The van der Waals surface area contributed by atoms with E-state index in [1.807, 2.05) is 30.3 Å². The molecule has 2 aliphatic rings. The summed E-state index contributed by atoms with van der Waals surface area (Å²) in [5.41, 5.74) is 1.66. The molecular formula is C29H35ClN4O5. The summed E-state index contributed by atoms with van der Waals surface area (Å²) in [4.78, 5) is 53.0. The number of likely N-dealkylation sites (tertiary alicyclic amines) is 1. The fourth-order valence-electron chi connectivity index (χ4n) is 5.30. The van der Waals surface area contributed by atoms with Crippen molar-refractivity contribution in [3.05, 3.63) is 70.7 Å². The zero-order chi connectivity index (χ0) is 27.8. The third kappa shape index (κ3) is 8.03. The summed E-state index contributed by atoms with van der Waals surface area (Å²) in [6, 6.07) is 13.7. The molecule has 4 rings (SSSR count). The number of halogens is 1. The Hall–Kier alpha value is -3.43. The van der Waals surface area contributed by atoms with Gasteiger partial charge in [0.25, 0.3) is 0 Å². The SMILES string of the molecule is O=C(C[C@H](Cc1ccccc1)NC(=O)[C@@H]1CCCN1C(=O)[C@@H]1CCCN1)N[C@@H](Cc1ccc(Cl)cc1)C(=O)O. The van der Waals surface area contributed by atoms with Crippen LogP contribution in [-0.2, 0) is 32.0 Å². The summed E-state index contributed by atoms with van der Waals surface area (Å²) in [5, 5.41) is 19.1. The minimum absolute atomic E-state index is 0.0472. The summed E-state index contributed by atoms with van der Waals surface area (Å²) in [5.74, 6) is -1.97. The highest BCUT2D eigenvalue weighted by Crippen LogP contribution is 2.21. The van der Waals surface area contributed by atoms with Crippen molar-refractivity contribution in [2.45, 2.75) is 69.1 Å². The van der Waals surface area contributed by atoms with Crippen molar-refractivity contribution in [1.29, 1.82) is 0 Å². The van der Waals surface area contributed by atoms with Gasteiger partial charge in [-0.15, -0.1) is 0 Å². The number of carboxylic acid groups (broad SMARTS) is 1. The maximum Gasteiger partial charge on any atom is 0.326 e. The number of benzene rings is 2. The zero-order valence-corrected chi connectivity index (χ0v) is 22.5. The summed E-state index contributed by atoms with van der Waals surface area (Å²) >= 11 is 5.92. The molecular weight excluding hydrogens is 520 g/mol. The number of aliphatic carboxylic acids is 1. The first-order valence-corrected chi connectivity index (χ1v) is 13.8. The molecule has 0 aliphatic carbocycles. The van der Waals surface area contributed by atoms with Crippen molar-refractivity contribution in [3.8, 4) is 0 Å². The molecule has 2 heterocycles. The van der Waals surface area contributed by atoms with Gasteiger partial charge in [-0.05, 0) is 61.9 Å². The van der Waals surface area contributed by atoms with Gasteiger partial charge in [-0.3, -0.25) is 14.4 Å². The molecule has 9 nitrogen and oxygen atoms in total. The molecule has 0 saturated carbocycles. The molecule has 2 saturated heterocycles. The van der Waals surface area contributed by atoms with Crippen molar-refractivity contribution in [1.82, 2.24) is 20.9 Å². The van der Waals surface area contributed by atoms with E-state index in [1.54, 1.807) is 29.2 Å². The quantitative estimate of drug-likeness (QED) is 0.337. The molecule has 4 atom stereocenters. The van der Waals surface area contributed by atoms with E-state index in [0.29, 0.717) is 24.4 Å². The monoisotopic (exact) mass is 554 g/mol. The van der Waals surface area contributed by atoms with E-state index in [1.165, 1.54) is 0 Å². The molecule has 208 valence electrons. The van der Waals surface area contributed by atoms with Crippen LogP contribution in [0.4, 0.5) is 0 Å². The van der Waals surface area contributed by atoms with E-state index in [0.717, 1.165) is 36.9 Å². The van der Waals surface area contributed by atoms with E-state index < -0.39 is 30.0 Å². The zero-order valence-electron chi connectivity index (χ0n) is 21.8. The number of carbonyl (C=O) groups is 4. The molecule has 2 aromatic rings. The Balaban J connectivity index is 1.42. The van der Waals surface area contributed by atoms with Gasteiger partial charge in [-0.25, -0.2) is 4.79 Å². The van der Waals surface area contributed by atoms with Crippen LogP contribution in [-0.4, -0.2) is 71.0 Å². The van der Waals surface area contributed by atoms with Gasteiger partial charge < -0.3 is 26.0 Å². The molecule has 0 radical (unpaired) electrons. The molecule has 0 unspecified atom stereocenters. The van der Waals surface area contributed by atoms with Crippen LogP contribution in [0, 0.1) is 0 Å². The Labute approximate surface area is 233 Å². The van der Waals surface area contributed by atoms with Crippen LogP contribution in [0.15, 0.2) is 54.6 Å². The van der Waals surface area contributed by atoms with Crippen molar-refractivity contribution >= 4 is 35.3 Å². The summed E-state index contributed by atoms with van der Waals surface area (Å²) in [7, 11) is 0. The van der Waals surface area contributed by atoms with Gasteiger partial charge in [0.1, 0.15) is 12.1 Å². The molecule has 4 N–H and O–H groups in total. The lowest BCUT2D eigenvalue weighted by Crippen LogP contribution is -2.53. The molecule has 10 heteroatoms. The summed E-state index contributed by atoms with van der Waals surface area (Å²) in [6.07, 6.45) is 3.39. The molecule has 0 spiro atoms. The lowest BCUT2D eigenvalue weighted by atomic mass is 10.0. The normalized spacial score (nSPS) is 20.3. The van der Waals surface area contributed by atoms with Gasteiger partial charge in [-0.1, -0.05) is 54.1 Å². The topological polar surface area (TPSA) is 128 Å². The number of carboxylic acids is 1. The van der Waals surface area contributed by atoms with Crippen molar-refractivity contribution in [2.75, 3.05) is 13.1 Å². The van der Waals surface area contributed by atoms with Crippen LogP contribution in [0.3, 0.4) is 0 Å². The van der Waals surface area contributed by atoms with Crippen LogP contribution < -0.4 is 16.0 Å². The lowest BCUT2D eigenvalue weighted by molar-refractivity contribution is -0.142. The van der Waals surface area contributed by atoms with Crippen LogP contribution >= 0.6 is 11.6 Å². The molecule has 2 fully saturated rings. The Bertz CT molecular complexity index is 1150. The minimum atomic E-state index is -1.15. The maximum absolute atomic E-state index is 13.4. The average molecular weight is 555 g/mol. The van der Waals surface area contributed by atoms with Crippen LogP contribution in [0.2, 0.25) is 5.02 Å². The second-order valence-electron chi connectivity index (χ2n) is 10.2. The van der Waals surface area contributed by atoms with E-state index in [4.69, 9.17) is 11.6 Å². The average Bonchev–Trinajstić information content (AvgIpc) is 3.62. The van der Waals surface area contributed by atoms with Gasteiger partial charge in [0, 0.05) is 30.5 Å². The van der Waals surface area contributed by atoms with Gasteiger partial charge in [0.05, 0.1) is 6.04 Å². The van der Waals surface area contributed by atoms with E-state index in [9.17, 15) is 24.3 Å². The molecule has 2 aliphatic heterocycles. The van der Waals surface area contributed by atoms with Gasteiger partial charge in [-0.2, -0.15) is 0 Å². The van der Waals surface area contributed by atoms with Crippen LogP contribution in [0.1, 0.15) is 43.2 Å². The predicted octanol–water partition coefficient (Wildman–Crippen LogP) is 2.31. The van der Waals surface area contributed by atoms with Gasteiger partial charge in [0.15, 0.2) is 0 Å². The van der Waals surface area contributed by atoms with E-state index >= 15 is 0 Å². The third-order valence-electron chi connectivity index (χ3n) is 7.29. The fraction of sp³-hybridized carbons (Fsp3) is 0.448. The Morgan fingerprint density at radius 3 is 2.33 bits per heavy atom. The Morgan fingerprint density at radius 2 is 1.67 bits per heavy atom. The number of nitrogens with one attached hydrogen (secondary N) is 3. The molecule has 2 aromatic carbocycles. The highest BCUT2D eigenvalue weighted by molar-refractivity contribution is 6.30. The van der Waals surface area contributed by atoms with E-state index in [2.05, 4.69) is 16.0 Å². The summed E-state index contributed by atoms with van der Waals surface area (Å²) < 4.78 is 0. The largest absolute Gasteiger partial charge is 0.480 e. The predicted molar refractivity (Wildman–Crippen MR) is 147 cm³/mol. The van der Waals surface area contributed by atoms with Crippen molar-refractivity contribution in [3.63, 3.8) is 0 Å². The first-order chi connectivity index (χ1) is 18.8. The molecule has 39 heavy (non-hydrogen) atoms. The second kappa shape index (κ2) is 13.6. The first kappa shape index (κ1) is 28.6. The number of rotatable bonds is 11. The second-order valence-corrected chi connectivity index (χ2v) is 10.7. The van der Waals surface area contributed by atoms with E-state index in [-0.39, 0.29) is 30.7 Å². The van der Waals surface area contributed by atoms with Gasteiger partial charge >= 0.3 is 5.97 Å².